The standard InChI is InChI=1S/C17H18O3/c1-19-16-8-9-17(20-2)14(11-16)10-15(12-18)13-6-4-3-5-7-13/h3-9,11-12,15H,10H2,1-2H3. The maximum Gasteiger partial charge on any atom is 0.127 e. The number of ether oxygens (including phenoxy) is 2. The largest absolute Gasteiger partial charge is 0.497 e. The van der Waals surface area contributed by atoms with Gasteiger partial charge in [-0.25, -0.2) is 0 Å². The second-order valence-electron chi connectivity index (χ2n) is 4.54. The van der Waals surface area contributed by atoms with Crippen molar-refractivity contribution in [2.75, 3.05) is 14.2 Å². The molecule has 0 amide bonds. The molecular weight excluding hydrogens is 252 g/mol. The number of hydrogen-bond acceptors (Lipinski definition) is 3. The SMILES string of the molecule is COc1ccc(OC)c(CC(C=O)c2ccccc2)c1. The Morgan fingerprint density at radius 1 is 1.05 bits per heavy atom. The van der Waals surface area contributed by atoms with Crippen molar-refractivity contribution < 1.29 is 14.3 Å². The molecule has 3 heteroatoms. The van der Waals surface area contributed by atoms with E-state index in [0.29, 0.717) is 6.42 Å². The molecule has 2 aromatic rings. The van der Waals surface area contributed by atoms with Gasteiger partial charge < -0.3 is 14.3 Å². The second-order valence-corrected chi connectivity index (χ2v) is 4.54. The van der Waals surface area contributed by atoms with Crippen LogP contribution in [0.1, 0.15) is 17.0 Å². The fourth-order valence-electron chi connectivity index (χ4n) is 2.22. The minimum absolute atomic E-state index is 0.183. The van der Waals surface area contributed by atoms with Gasteiger partial charge in [0.05, 0.1) is 14.2 Å². The minimum Gasteiger partial charge on any atom is -0.497 e. The van der Waals surface area contributed by atoms with E-state index in [4.69, 9.17) is 9.47 Å². The second kappa shape index (κ2) is 6.75. The lowest BCUT2D eigenvalue weighted by molar-refractivity contribution is -0.109. The first-order valence-corrected chi connectivity index (χ1v) is 6.49. The van der Waals surface area contributed by atoms with Crippen LogP contribution in [0.5, 0.6) is 11.5 Å². The average Bonchev–Trinajstić information content (AvgIpc) is 2.53. The lowest BCUT2D eigenvalue weighted by Crippen LogP contribution is -2.06. The average molecular weight is 270 g/mol. The van der Waals surface area contributed by atoms with Crippen LogP contribution in [0.25, 0.3) is 0 Å². The molecule has 1 unspecified atom stereocenters. The normalized spacial score (nSPS) is 11.7. The molecule has 0 heterocycles. The van der Waals surface area contributed by atoms with Crippen molar-refractivity contribution in [3.05, 3.63) is 59.7 Å². The molecule has 0 radical (unpaired) electrons. The maximum atomic E-state index is 11.4. The predicted octanol–water partition coefficient (Wildman–Crippen LogP) is 3.23. The van der Waals surface area contributed by atoms with Crippen molar-refractivity contribution in [2.45, 2.75) is 12.3 Å². The van der Waals surface area contributed by atoms with Crippen LogP contribution in [0.15, 0.2) is 48.5 Å². The summed E-state index contributed by atoms with van der Waals surface area (Å²) in [5, 5.41) is 0. The van der Waals surface area contributed by atoms with Gasteiger partial charge in [0.1, 0.15) is 17.8 Å². The monoisotopic (exact) mass is 270 g/mol. The number of benzene rings is 2. The van der Waals surface area contributed by atoms with E-state index in [1.807, 2.05) is 48.5 Å². The Morgan fingerprint density at radius 3 is 2.40 bits per heavy atom. The van der Waals surface area contributed by atoms with Crippen molar-refractivity contribution in [3.63, 3.8) is 0 Å². The lowest BCUT2D eigenvalue weighted by Gasteiger charge is -2.14. The summed E-state index contributed by atoms with van der Waals surface area (Å²) in [7, 11) is 3.25. The zero-order valence-electron chi connectivity index (χ0n) is 11.7. The first-order valence-electron chi connectivity index (χ1n) is 6.49. The van der Waals surface area contributed by atoms with Crippen LogP contribution >= 0.6 is 0 Å². The molecule has 0 saturated heterocycles. The van der Waals surface area contributed by atoms with Crippen molar-refractivity contribution in [1.29, 1.82) is 0 Å². The van der Waals surface area contributed by atoms with E-state index >= 15 is 0 Å². The molecular formula is C17H18O3. The third-order valence-electron chi connectivity index (χ3n) is 3.32. The predicted molar refractivity (Wildman–Crippen MR) is 78.5 cm³/mol. The summed E-state index contributed by atoms with van der Waals surface area (Å²) in [5.41, 5.74) is 1.97. The van der Waals surface area contributed by atoms with E-state index in [0.717, 1.165) is 28.9 Å². The van der Waals surface area contributed by atoms with Gasteiger partial charge in [-0.3, -0.25) is 0 Å². The van der Waals surface area contributed by atoms with Crippen molar-refractivity contribution >= 4 is 6.29 Å². The Labute approximate surface area is 119 Å². The number of hydrogen-bond donors (Lipinski definition) is 0. The highest BCUT2D eigenvalue weighted by Crippen LogP contribution is 2.28. The Bertz CT molecular complexity index is 564. The first-order chi connectivity index (χ1) is 9.78. The van der Waals surface area contributed by atoms with E-state index in [1.54, 1.807) is 14.2 Å². The number of rotatable bonds is 6. The Hall–Kier alpha value is -2.29. The highest BCUT2D eigenvalue weighted by atomic mass is 16.5. The summed E-state index contributed by atoms with van der Waals surface area (Å²) in [5.74, 6) is 1.35. The molecule has 20 heavy (non-hydrogen) atoms. The summed E-state index contributed by atoms with van der Waals surface area (Å²) in [4.78, 5) is 11.4. The molecule has 104 valence electrons. The molecule has 0 fully saturated rings. The van der Waals surface area contributed by atoms with Gasteiger partial charge in [0, 0.05) is 5.92 Å². The topological polar surface area (TPSA) is 35.5 Å². The molecule has 0 aliphatic heterocycles. The van der Waals surface area contributed by atoms with E-state index in [2.05, 4.69) is 0 Å². The van der Waals surface area contributed by atoms with Crippen LogP contribution in [-0.2, 0) is 11.2 Å². The summed E-state index contributed by atoms with van der Waals surface area (Å²) in [6.07, 6.45) is 1.57. The molecule has 0 aromatic heterocycles. The number of carbonyl (C=O) groups excluding carboxylic acids is 1. The maximum absolute atomic E-state index is 11.4. The zero-order valence-corrected chi connectivity index (χ0v) is 11.7. The van der Waals surface area contributed by atoms with Crippen molar-refractivity contribution in [2.24, 2.45) is 0 Å². The molecule has 0 N–H and O–H groups in total. The fourth-order valence-corrected chi connectivity index (χ4v) is 2.22. The number of carbonyl (C=O) groups is 1. The van der Waals surface area contributed by atoms with Crippen LogP contribution in [0.3, 0.4) is 0 Å². The van der Waals surface area contributed by atoms with Crippen molar-refractivity contribution in [3.8, 4) is 11.5 Å². The molecule has 0 spiro atoms. The van der Waals surface area contributed by atoms with Gasteiger partial charge in [-0.05, 0) is 35.7 Å². The number of aldehydes is 1. The van der Waals surface area contributed by atoms with Gasteiger partial charge in [0.2, 0.25) is 0 Å². The van der Waals surface area contributed by atoms with Gasteiger partial charge >= 0.3 is 0 Å². The zero-order chi connectivity index (χ0) is 14.4. The Morgan fingerprint density at radius 2 is 1.80 bits per heavy atom. The van der Waals surface area contributed by atoms with Gasteiger partial charge in [0.25, 0.3) is 0 Å². The third kappa shape index (κ3) is 3.18. The van der Waals surface area contributed by atoms with Gasteiger partial charge in [-0.1, -0.05) is 30.3 Å². The van der Waals surface area contributed by atoms with Crippen molar-refractivity contribution in [1.82, 2.24) is 0 Å². The van der Waals surface area contributed by atoms with E-state index in [1.165, 1.54) is 0 Å². The third-order valence-corrected chi connectivity index (χ3v) is 3.32. The summed E-state index contributed by atoms with van der Waals surface area (Å²) in [6.45, 7) is 0. The molecule has 0 aliphatic rings. The van der Waals surface area contributed by atoms with Crippen LogP contribution in [0.2, 0.25) is 0 Å². The van der Waals surface area contributed by atoms with Crippen LogP contribution < -0.4 is 9.47 Å². The molecule has 3 nitrogen and oxygen atoms in total. The van der Waals surface area contributed by atoms with E-state index in [9.17, 15) is 4.79 Å². The molecule has 1 atom stereocenters. The first kappa shape index (κ1) is 14.1. The van der Waals surface area contributed by atoms with Crippen LogP contribution in [0, 0.1) is 0 Å². The highest BCUT2D eigenvalue weighted by molar-refractivity contribution is 5.63. The molecule has 0 aliphatic carbocycles. The van der Waals surface area contributed by atoms with Gasteiger partial charge in [-0.2, -0.15) is 0 Å². The highest BCUT2D eigenvalue weighted by Gasteiger charge is 2.14. The molecule has 2 aromatic carbocycles. The smallest absolute Gasteiger partial charge is 0.127 e. The fraction of sp³-hybridized carbons (Fsp3) is 0.235. The van der Waals surface area contributed by atoms with E-state index in [-0.39, 0.29) is 5.92 Å². The number of methoxy groups -OCH3 is 2. The summed E-state index contributed by atoms with van der Waals surface area (Å²) < 4.78 is 10.6. The summed E-state index contributed by atoms with van der Waals surface area (Å²) in [6, 6.07) is 15.4. The molecule has 0 saturated carbocycles. The quantitative estimate of drug-likeness (QED) is 0.756. The summed E-state index contributed by atoms with van der Waals surface area (Å²) >= 11 is 0. The molecule has 2 rings (SSSR count). The Balaban J connectivity index is 2.29. The van der Waals surface area contributed by atoms with Crippen LogP contribution in [-0.4, -0.2) is 20.5 Å². The van der Waals surface area contributed by atoms with Gasteiger partial charge in [-0.15, -0.1) is 0 Å². The van der Waals surface area contributed by atoms with Crippen LogP contribution in [0.4, 0.5) is 0 Å². The molecule has 0 bridgehead atoms. The lowest BCUT2D eigenvalue weighted by atomic mass is 9.93. The van der Waals surface area contributed by atoms with Gasteiger partial charge in [0.15, 0.2) is 0 Å². The van der Waals surface area contributed by atoms with E-state index < -0.39 is 0 Å². The Kier molecular flexibility index (Phi) is 4.77. The minimum atomic E-state index is -0.183.